The smallest absolute Gasteiger partial charge is 0.0335 e. The Morgan fingerprint density at radius 3 is 2.52 bits per heavy atom. The molecule has 124 valence electrons. The van der Waals surface area contributed by atoms with E-state index in [1.54, 1.807) is 0 Å². The Bertz CT molecular complexity index is 328. The van der Waals surface area contributed by atoms with Crippen molar-refractivity contribution in [1.82, 2.24) is 9.80 Å². The Hall–Kier alpha value is -0.120. The number of nitrogens with zero attached hydrogens (tertiary/aromatic N) is 2. The second kappa shape index (κ2) is 6.97. The molecule has 2 aliphatic rings. The third kappa shape index (κ3) is 3.80. The van der Waals surface area contributed by atoms with E-state index in [9.17, 15) is 0 Å². The highest BCUT2D eigenvalue weighted by Gasteiger charge is 2.45. The highest BCUT2D eigenvalue weighted by atomic mass is 15.3. The van der Waals surface area contributed by atoms with Gasteiger partial charge in [-0.1, -0.05) is 33.6 Å². The Labute approximate surface area is 132 Å². The lowest BCUT2D eigenvalue weighted by molar-refractivity contribution is 0.0445. The second-order valence-electron chi connectivity index (χ2n) is 8.43. The Balaban J connectivity index is 2.07. The summed E-state index contributed by atoms with van der Waals surface area (Å²) in [6.07, 6.45) is 6.80. The van der Waals surface area contributed by atoms with Crippen LogP contribution >= 0.6 is 0 Å². The molecule has 0 aromatic carbocycles. The van der Waals surface area contributed by atoms with Crippen molar-refractivity contribution >= 4 is 0 Å². The topological polar surface area (TPSA) is 32.5 Å². The van der Waals surface area contributed by atoms with E-state index in [2.05, 4.69) is 44.7 Å². The van der Waals surface area contributed by atoms with Crippen LogP contribution < -0.4 is 5.73 Å². The molecule has 1 saturated carbocycles. The van der Waals surface area contributed by atoms with Gasteiger partial charge in [0.05, 0.1) is 0 Å². The molecule has 21 heavy (non-hydrogen) atoms. The molecule has 4 unspecified atom stereocenters. The van der Waals surface area contributed by atoms with Crippen molar-refractivity contribution in [3.63, 3.8) is 0 Å². The van der Waals surface area contributed by atoms with E-state index in [-0.39, 0.29) is 5.54 Å². The van der Waals surface area contributed by atoms with Crippen LogP contribution in [-0.2, 0) is 0 Å². The minimum atomic E-state index is 0.289. The molecule has 0 radical (unpaired) electrons. The summed E-state index contributed by atoms with van der Waals surface area (Å²) in [6.45, 7) is 10.4. The average Bonchev–Trinajstić information content (AvgIpc) is 2.81. The minimum Gasteiger partial charge on any atom is -0.329 e. The van der Waals surface area contributed by atoms with E-state index < -0.39 is 0 Å². The van der Waals surface area contributed by atoms with E-state index in [1.165, 1.54) is 45.2 Å². The van der Waals surface area contributed by atoms with E-state index in [1.807, 2.05) is 0 Å². The predicted octanol–water partition coefficient (Wildman–Crippen LogP) is 2.80. The van der Waals surface area contributed by atoms with Crippen molar-refractivity contribution in [2.24, 2.45) is 23.5 Å². The van der Waals surface area contributed by atoms with Crippen molar-refractivity contribution in [3.05, 3.63) is 0 Å². The van der Waals surface area contributed by atoms with Crippen LogP contribution in [0.3, 0.4) is 0 Å². The first-order valence-corrected chi connectivity index (χ1v) is 8.99. The van der Waals surface area contributed by atoms with Gasteiger partial charge in [-0.2, -0.15) is 0 Å². The molecule has 2 rings (SSSR count). The molecule has 4 atom stereocenters. The molecular formula is C18H37N3. The molecule has 2 fully saturated rings. The SMILES string of the molecule is CC(C)CC1CCCC(CN)(N2CC(C)C(N(C)C)C2)C1. The first-order chi connectivity index (χ1) is 9.88. The van der Waals surface area contributed by atoms with Gasteiger partial charge in [-0.25, -0.2) is 0 Å². The van der Waals surface area contributed by atoms with Gasteiger partial charge in [0.15, 0.2) is 0 Å². The molecule has 0 bridgehead atoms. The number of hydrogen-bond donors (Lipinski definition) is 1. The van der Waals surface area contributed by atoms with Crippen LogP contribution in [-0.4, -0.2) is 55.1 Å². The number of rotatable bonds is 5. The highest BCUT2D eigenvalue weighted by molar-refractivity contribution is 5.02. The maximum Gasteiger partial charge on any atom is 0.0335 e. The third-order valence-electron chi connectivity index (χ3n) is 6.01. The monoisotopic (exact) mass is 295 g/mol. The van der Waals surface area contributed by atoms with Crippen LogP contribution in [0.5, 0.6) is 0 Å². The summed E-state index contributed by atoms with van der Waals surface area (Å²) in [5.41, 5.74) is 6.61. The molecule has 0 aromatic rings. The zero-order valence-corrected chi connectivity index (χ0v) is 14.9. The first kappa shape index (κ1) is 17.2. The zero-order chi connectivity index (χ0) is 15.6. The van der Waals surface area contributed by atoms with Gasteiger partial charge in [0, 0.05) is 31.2 Å². The van der Waals surface area contributed by atoms with Gasteiger partial charge < -0.3 is 10.6 Å². The fourth-order valence-corrected chi connectivity index (χ4v) is 4.94. The van der Waals surface area contributed by atoms with Crippen molar-refractivity contribution in [2.75, 3.05) is 33.7 Å². The quantitative estimate of drug-likeness (QED) is 0.846. The van der Waals surface area contributed by atoms with E-state index in [0.717, 1.165) is 24.3 Å². The Morgan fingerprint density at radius 1 is 1.29 bits per heavy atom. The lowest BCUT2D eigenvalue weighted by Gasteiger charge is -2.47. The zero-order valence-electron chi connectivity index (χ0n) is 14.9. The van der Waals surface area contributed by atoms with E-state index >= 15 is 0 Å². The van der Waals surface area contributed by atoms with Crippen molar-refractivity contribution in [1.29, 1.82) is 0 Å². The van der Waals surface area contributed by atoms with Crippen LogP contribution in [0, 0.1) is 17.8 Å². The molecule has 3 heteroatoms. The molecule has 0 amide bonds. The molecule has 1 saturated heterocycles. The molecule has 3 nitrogen and oxygen atoms in total. The molecule has 0 spiro atoms. The maximum absolute atomic E-state index is 6.32. The highest BCUT2D eigenvalue weighted by Crippen LogP contribution is 2.41. The summed E-state index contributed by atoms with van der Waals surface area (Å²) < 4.78 is 0. The number of nitrogens with two attached hydrogens (primary N) is 1. The summed E-state index contributed by atoms with van der Waals surface area (Å²) in [4.78, 5) is 5.16. The van der Waals surface area contributed by atoms with E-state index in [0.29, 0.717) is 6.04 Å². The second-order valence-corrected chi connectivity index (χ2v) is 8.43. The standard InChI is InChI=1S/C18H37N3/c1-14(2)9-16-7-6-8-18(10-16,13-19)21-11-15(3)17(12-21)20(4)5/h14-17H,6-13,19H2,1-5H3. The first-order valence-electron chi connectivity index (χ1n) is 8.99. The van der Waals surface area contributed by atoms with Crippen molar-refractivity contribution in [3.8, 4) is 0 Å². The lowest BCUT2D eigenvalue weighted by Crippen LogP contribution is -2.56. The Morgan fingerprint density at radius 2 is 2.00 bits per heavy atom. The largest absolute Gasteiger partial charge is 0.329 e. The van der Waals surface area contributed by atoms with Crippen molar-refractivity contribution < 1.29 is 0 Å². The van der Waals surface area contributed by atoms with Crippen LogP contribution in [0.15, 0.2) is 0 Å². The fraction of sp³-hybridized carbons (Fsp3) is 1.00. The van der Waals surface area contributed by atoms with Crippen molar-refractivity contribution in [2.45, 2.75) is 64.5 Å². The van der Waals surface area contributed by atoms with Crippen LogP contribution in [0.25, 0.3) is 0 Å². The van der Waals surface area contributed by atoms with Crippen LogP contribution in [0.4, 0.5) is 0 Å². The summed E-state index contributed by atoms with van der Waals surface area (Å²) in [5, 5.41) is 0. The molecule has 1 aliphatic carbocycles. The Kier molecular flexibility index (Phi) is 5.72. The number of likely N-dealkylation sites (tertiary alicyclic amines) is 1. The van der Waals surface area contributed by atoms with Gasteiger partial charge in [-0.3, -0.25) is 4.90 Å². The van der Waals surface area contributed by atoms with Crippen LogP contribution in [0.1, 0.15) is 52.9 Å². The fourth-order valence-electron chi connectivity index (χ4n) is 4.94. The van der Waals surface area contributed by atoms with Gasteiger partial charge in [0.25, 0.3) is 0 Å². The summed E-state index contributed by atoms with van der Waals surface area (Å²) >= 11 is 0. The number of hydrogen-bond acceptors (Lipinski definition) is 3. The number of likely N-dealkylation sites (N-methyl/N-ethyl adjacent to an activating group) is 1. The molecule has 1 heterocycles. The van der Waals surface area contributed by atoms with Gasteiger partial charge in [-0.15, -0.1) is 0 Å². The van der Waals surface area contributed by atoms with Gasteiger partial charge in [0.1, 0.15) is 0 Å². The molecule has 1 aliphatic heterocycles. The van der Waals surface area contributed by atoms with Gasteiger partial charge in [0.2, 0.25) is 0 Å². The molecule has 2 N–H and O–H groups in total. The maximum atomic E-state index is 6.32. The van der Waals surface area contributed by atoms with E-state index in [4.69, 9.17) is 5.73 Å². The normalized spacial score (nSPS) is 38.6. The summed E-state index contributed by atoms with van der Waals surface area (Å²) in [5.74, 6) is 2.46. The molecular weight excluding hydrogens is 258 g/mol. The van der Waals surface area contributed by atoms with Gasteiger partial charge in [-0.05, 0) is 51.1 Å². The predicted molar refractivity (Wildman–Crippen MR) is 91.4 cm³/mol. The lowest BCUT2D eigenvalue weighted by atomic mass is 9.72. The van der Waals surface area contributed by atoms with Gasteiger partial charge >= 0.3 is 0 Å². The summed E-state index contributed by atoms with van der Waals surface area (Å²) in [6, 6.07) is 0.693. The average molecular weight is 296 g/mol. The summed E-state index contributed by atoms with van der Waals surface area (Å²) in [7, 11) is 4.45. The third-order valence-corrected chi connectivity index (χ3v) is 6.01. The minimum absolute atomic E-state index is 0.289. The van der Waals surface area contributed by atoms with Crippen LogP contribution in [0.2, 0.25) is 0 Å². The molecule has 0 aromatic heterocycles.